The molecule has 0 aromatic heterocycles. The highest BCUT2D eigenvalue weighted by atomic mass is 32.2. The van der Waals surface area contributed by atoms with Crippen molar-refractivity contribution >= 4 is 39.2 Å². The summed E-state index contributed by atoms with van der Waals surface area (Å²) < 4.78 is 31.4. The Morgan fingerprint density at radius 2 is 1.77 bits per heavy atom. The number of nitrogens with one attached hydrogen (secondary N) is 1. The average molecular weight is 460 g/mol. The summed E-state index contributed by atoms with van der Waals surface area (Å²) in [6.07, 6.45) is 1.40. The number of hydrogen-bond donors (Lipinski definition) is 1. The Morgan fingerprint density at radius 1 is 1.13 bits per heavy atom. The molecule has 0 spiro atoms. The number of carbonyl (C=O) groups is 1. The summed E-state index contributed by atoms with van der Waals surface area (Å²) in [5.74, 6) is 0.233. The Bertz CT molecular complexity index is 1150. The van der Waals surface area contributed by atoms with Crippen molar-refractivity contribution in [3.8, 4) is 5.75 Å². The molecule has 0 saturated carbocycles. The number of carbonyl (C=O) groups excluding carboxylic acids is 1. The predicted octanol–water partition coefficient (Wildman–Crippen LogP) is 3.96. The summed E-state index contributed by atoms with van der Waals surface area (Å²) >= 11 is 1.33. The first-order valence-electron chi connectivity index (χ1n) is 9.78. The van der Waals surface area contributed by atoms with Crippen LogP contribution in [0.2, 0.25) is 0 Å². The molecule has 1 N–H and O–H groups in total. The van der Waals surface area contributed by atoms with Crippen LogP contribution in [0.25, 0.3) is 0 Å². The molecule has 0 aliphatic carbocycles. The van der Waals surface area contributed by atoms with Crippen molar-refractivity contribution in [1.29, 1.82) is 0 Å². The smallest absolute Gasteiger partial charge is 0.339 e. The van der Waals surface area contributed by atoms with Crippen LogP contribution >= 0.6 is 11.8 Å². The van der Waals surface area contributed by atoms with E-state index < -0.39 is 10.1 Å². The monoisotopic (exact) mass is 459 g/mol. The van der Waals surface area contributed by atoms with Gasteiger partial charge in [-0.25, -0.2) is 0 Å². The SMILES string of the molecule is Cc1cc(C)c(S(=O)(=O)Oc2ccccc2C=NN=C2NC(=O)[C@H](C(C)C)S2)c(C)c1. The van der Waals surface area contributed by atoms with E-state index in [1.165, 1.54) is 18.0 Å². The highest BCUT2D eigenvalue weighted by Crippen LogP contribution is 2.28. The molecule has 1 fully saturated rings. The van der Waals surface area contributed by atoms with Crippen LogP contribution in [0.5, 0.6) is 5.75 Å². The van der Waals surface area contributed by atoms with Crippen LogP contribution in [0, 0.1) is 26.7 Å². The number of benzene rings is 2. The summed E-state index contributed by atoms with van der Waals surface area (Å²) in [6.45, 7) is 9.35. The lowest BCUT2D eigenvalue weighted by atomic mass is 10.1. The maximum atomic E-state index is 13.0. The van der Waals surface area contributed by atoms with Gasteiger partial charge in [-0.15, -0.1) is 5.10 Å². The Hall–Kier alpha value is -2.65. The molecular weight excluding hydrogens is 434 g/mol. The Kier molecular flexibility index (Phi) is 6.86. The van der Waals surface area contributed by atoms with E-state index in [0.717, 1.165) is 5.56 Å². The van der Waals surface area contributed by atoms with Crippen molar-refractivity contribution in [1.82, 2.24) is 5.32 Å². The van der Waals surface area contributed by atoms with Crippen molar-refractivity contribution < 1.29 is 17.4 Å². The fourth-order valence-corrected chi connectivity index (χ4v) is 5.71. The minimum Gasteiger partial charge on any atom is -0.378 e. The standard InChI is InChI=1S/C22H25N3O4S2/c1-13(2)19-21(26)24-22(30-19)25-23-12-17-8-6-7-9-18(17)29-31(27,28)20-15(4)10-14(3)11-16(20)5/h6-13,19H,1-5H3,(H,24,25,26)/t19-/m0/s1. The second kappa shape index (κ2) is 9.23. The fourth-order valence-electron chi connectivity index (χ4n) is 3.39. The zero-order valence-electron chi connectivity index (χ0n) is 18.0. The number of hydrogen-bond acceptors (Lipinski definition) is 7. The predicted molar refractivity (Wildman–Crippen MR) is 124 cm³/mol. The lowest BCUT2D eigenvalue weighted by Gasteiger charge is -2.14. The van der Waals surface area contributed by atoms with Gasteiger partial charge in [-0.2, -0.15) is 13.5 Å². The molecule has 1 aliphatic rings. The van der Waals surface area contributed by atoms with Gasteiger partial charge in [0.15, 0.2) is 10.9 Å². The number of aryl methyl sites for hydroxylation is 3. The molecule has 1 heterocycles. The van der Waals surface area contributed by atoms with Crippen molar-refractivity contribution in [3.05, 3.63) is 58.7 Å². The van der Waals surface area contributed by atoms with E-state index in [2.05, 4.69) is 15.5 Å². The largest absolute Gasteiger partial charge is 0.378 e. The maximum Gasteiger partial charge on any atom is 0.339 e. The van der Waals surface area contributed by atoms with Crippen molar-refractivity contribution in [2.75, 3.05) is 0 Å². The summed E-state index contributed by atoms with van der Waals surface area (Å²) in [5, 5.41) is 11.0. The third-order valence-corrected chi connectivity index (χ3v) is 7.61. The molecule has 0 radical (unpaired) electrons. The number of amides is 1. The molecule has 164 valence electrons. The quantitative estimate of drug-likeness (QED) is 0.401. The Balaban J connectivity index is 1.84. The molecule has 2 aromatic carbocycles. The van der Waals surface area contributed by atoms with Crippen molar-refractivity contribution in [3.63, 3.8) is 0 Å². The molecule has 1 amide bonds. The molecule has 0 bridgehead atoms. The summed E-state index contributed by atoms with van der Waals surface area (Å²) in [7, 11) is -4.04. The summed E-state index contributed by atoms with van der Waals surface area (Å²) in [5.41, 5.74) is 2.69. The first-order chi connectivity index (χ1) is 14.6. The molecule has 9 heteroatoms. The van der Waals surface area contributed by atoms with Gasteiger partial charge in [0.05, 0.1) is 11.5 Å². The molecular formula is C22H25N3O4S2. The number of amidine groups is 1. The van der Waals surface area contributed by atoms with E-state index in [-0.39, 0.29) is 27.7 Å². The zero-order valence-corrected chi connectivity index (χ0v) is 19.7. The number of thioether (sulfide) groups is 1. The second-order valence-corrected chi connectivity index (χ2v) is 10.3. The minimum atomic E-state index is -4.04. The van der Waals surface area contributed by atoms with Gasteiger partial charge in [0.25, 0.3) is 0 Å². The number of rotatable bonds is 6. The van der Waals surface area contributed by atoms with E-state index in [0.29, 0.717) is 21.9 Å². The van der Waals surface area contributed by atoms with Crippen LogP contribution in [-0.2, 0) is 14.9 Å². The number of para-hydroxylation sites is 1. The lowest BCUT2D eigenvalue weighted by Crippen LogP contribution is -2.27. The molecule has 2 aromatic rings. The van der Waals surface area contributed by atoms with Gasteiger partial charge in [0.1, 0.15) is 4.90 Å². The third-order valence-electron chi connectivity index (χ3n) is 4.65. The van der Waals surface area contributed by atoms with Crippen LogP contribution in [0.4, 0.5) is 0 Å². The first kappa shape index (κ1) is 23.0. The molecule has 1 atom stereocenters. The molecule has 3 rings (SSSR count). The van der Waals surface area contributed by atoms with Gasteiger partial charge >= 0.3 is 10.1 Å². The van der Waals surface area contributed by atoms with E-state index in [1.807, 2.05) is 32.9 Å². The topological polar surface area (TPSA) is 97.2 Å². The highest BCUT2D eigenvalue weighted by Gasteiger charge is 2.32. The highest BCUT2D eigenvalue weighted by molar-refractivity contribution is 8.15. The first-order valence-corrected chi connectivity index (χ1v) is 12.1. The Labute approximate surface area is 187 Å². The van der Waals surface area contributed by atoms with Crippen LogP contribution < -0.4 is 9.50 Å². The molecule has 1 saturated heterocycles. The van der Waals surface area contributed by atoms with Gasteiger partial charge in [-0.1, -0.05) is 55.4 Å². The number of nitrogens with zero attached hydrogens (tertiary/aromatic N) is 2. The normalized spacial score (nSPS) is 18.2. The minimum absolute atomic E-state index is 0.0902. The van der Waals surface area contributed by atoms with E-state index in [4.69, 9.17) is 4.18 Å². The fraction of sp³-hybridized carbons (Fsp3) is 0.318. The van der Waals surface area contributed by atoms with Crippen LogP contribution in [0.3, 0.4) is 0 Å². The van der Waals surface area contributed by atoms with E-state index in [1.54, 1.807) is 38.1 Å². The molecule has 31 heavy (non-hydrogen) atoms. The van der Waals surface area contributed by atoms with Crippen molar-refractivity contribution in [2.24, 2.45) is 16.1 Å². The second-order valence-electron chi connectivity index (χ2n) is 7.72. The summed E-state index contributed by atoms with van der Waals surface area (Å²) in [6, 6.07) is 10.3. The van der Waals surface area contributed by atoms with Gasteiger partial charge in [-0.05, 0) is 49.9 Å². The van der Waals surface area contributed by atoms with E-state index >= 15 is 0 Å². The van der Waals surface area contributed by atoms with Gasteiger partial charge in [0, 0.05) is 5.56 Å². The van der Waals surface area contributed by atoms with Gasteiger partial charge in [0.2, 0.25) is 5.91 Å². The lowest BCUT2D eigenvalue weighted by molar-refractivity contribution is -0.119. The average Bonchev–Trinajstić information content (AvgIpc) is 3.02. The molecule has 0 unspecified atom stereocenters. The molecule has 1 aliphatic heterocycles. The van der Waals surface area contributed by atoms with Gasteiger partial charge < -0.3 is 9.50 Å². The molecule has 7 nitrogen and oxygen atoms in total. The Morgan fingerprint density at radius 3 is 2.39 bits per heavy atom. The van der Waals surface area contributed by atoms with Crippen LogP contribution in [-0.4, -0.2) is 31.0 Å². The van der Waals surface area contributed by atoms with Gasteiger partial charge in [-0.3, -0.25) is 4.79 Å². The van der Waals surface area contributed by atoms with E-state index in [9.17, 15) is 13.2 Å². The van der Waals surface area contributed by atoms with Crippen LogP contribution in [0.15, 0.2) is 51.5 Å². The third kappa shape index (κ3) is 5.34. The maximum absolute atomic E-state index is 13.0. The zero-order chi connectivity index (χ0) is 22.8. The van der Waals surface area contributed by atoms with Crippen LogP contribution in [0.1, 0.15) is 36.1 Å². The summed E-state index contributed by atoms with van der Waals surface area (Å²) in [4.78, 5) is 12.1. The van der Waals surface area contributed by atoms with Crippen molar-refractivity contribution in [2.45, 2.75) is 44.8 Å².